The van der Waals surface area contributed by atoms with E-state index < -0.39 is 22.0 Å². The van der Waals surface area contributed by atoms with Gasteiger partial charge in [-0.1, -0.05) is 0 Å². The number of nitrogens with zero attached hydrogens (tertiary/aromatic N) is 3. The smallest absolute Gasteiger partial charge is 0.512 e. The molecule has 0 atom stereocenters. The van der Waals surface area contributed by atoms with Gasteiger partial charge in [-0.2, -0.15) is 0 Å². The third kappa shape index (κ3) is 6.57. The topological polar surface area (TPSA) is 188 Å². The summed E-state index contributed by atoms with van der Waals surface area (Å²) in [4.78, 5) is 13.6. The van der Waals surface area contributed by atoms with Crippen LogP contribution in [0.3, 0.4) is 0 Å². The highest BCUT2D eigenvalue weighted by molar-refractivity contribution is 6.34. The number of aromatic nitrogens is 3. The van der Waals surface area contributed by atoms with Crippen molar-refractivity contribution < 1.29 is 44.1 Å². The minimum absolute atomic E-state index is 0.228. The molecule has 6 N–H and O–H groups in total. The summed E-state index contributed by atoms with van der Waals surface area (Å²) in [7, 11) is -5.86. The van der Waals surface area contributed by atoms with E-state index in [1.165, 1.54) is 36.4 Å². The molecule has 0 unspecified atom stereocenters. The van der Waals surface area contributed by atoms with Gasteiger partial charge in [0.25, 0.3) is 0 Å². The first-order valence-electron chi connectivity index (χ1n) is 10.4. The van der Waals surface area contributed by atoms with E-state index in [1.807, 2.05) is 0 Å². The largest absolute Gasteiger partial charge is 0.707 e. The molecule has 0 aliphatic carbocycles. The maximum Gasteiger partial charge on any atom is 0.707 e. The maximum atomic E-state index is 8.98. The lowest BCUT2D eigenvalue weighted by Gasteiger charge is -2.10. The van der Waals surface area contributed by atoms with Gasteiger partial charge in [0.1, 0.15) is 17.2 Å². The Morgan fingerprint density at radius 1 is 0.389 bits per heavy atom. The van der Waals surface area contributed by atoms with Gasteiger partial charge in [0.05, 0.1) is 0 Å². The average Bonchev–Trinajstić information content (AvgIpc) is 2.84. The molecule has 3 aromatic carbocycles. The molecule has 36 heavy (non-hydrogen) atoms. The molecule has 0 spiro atoms. The van der Waals surface area contributed by atoms with Crippen molar-refractivity contribution in [2.75, 3.05) is 0 Å². The Bertz CT molecular complexity index is 1120. The third-order valence-electron chi connectivity index (χ3n) is 4.70. The van der Waals surface area contributed by atoms with E-state index in [-0.39, 0.29) is 17.2 Å². The monoisotopic (exact) mass is 489 g/mol. The van der Waals surface area contributed by atoms with E-state index in [0.29, 0.717) is 34.2 Å². The van der Waals surface area contributed by atoms with Crippen LogP contribution in [0.1, 0.15) is 0 Å². The summed E-state index contributed by atoms with van der Waals surface area (Å²) in [5.41, 5.74) is 1.77. The molecule has 0 amide bonds. The van der Waals surface area contributed by atoms with Gasteiger partial charge in [-0.15, -0.1) is 0 Å². The van der Waals surface area contributed by atoms with E-state index in [9.17, 15) is 0 Å². The van der Waals surface area contributed by atoms with Crippen molar-refractivity contribution in [1.82, 2.24) is 15.0 Å². The summed E-state index contributed by atoms with van der Waals surface area (Å²) in [6.45, 7) is 0. The predicted molar refractivity (Wildman–Crippen MR) is 129 cm³/mol. The molecule has 0 aliphatic heterocycles. The van der Waals surface area contributed by atoms with Crippen LogP contribution in [-0.4, -0.2) is 67.1 Å². The maximum absolute atomic E-state index is 8.98. The van der Waals surface area contributed by atoms with Crippen LogP contribution in [0.2, 0.25) is 0 Å². The van der Waals surface area contributed by atoms with E-state index in [0.717, 1.165) is 0 Å². The van der Waals surface area contributed by atoms with Crippen LogP contribution >= 0.6 is 0 Å². The quantitative estimate of drug-likeness (QED) is 0.172. The minimum Gasteiger partial charge on any atom is -0.512 e. The highest BCUT2D eigenvalue weighted by Crippen LogP contribution is 2.28. The second-order valence-electron chi connectivity index (χ2n) is 7.21. The van der Waals surface area contributed by atoms with E-state index in [2.05, 4.69) is 15.0 Å². The van der Waals surface area contributed by atoms with Gasteiger partial charge in [-0.25, -0.2) is 15.0 Å². The van der Waals surface area contributed by atoms with Gasteiger partial charge in [-0.3, -0.25) is 0 Å². The van der Waals surface area contributed by atoms with Crippen LogP contribution in [0, 0.1) is 0 Å². The fourth-order valence-corrected chi connectivity index (χ4v) is 3.18. The van der Waals surface area contributed by atoms with E-state index >= 15 is 0 Å². The van der Waals surface area contributed by atoms with Crippen molar-refractivity contribution in [3.63, 3.8) is 0 Å². The van der Waals surface area contributed by atoms with Crippen molar-refractivity contribution >= 4 is 22.0 Å². The number of hydrogen-bond donors (Lipinski definition) is 6. The normalized spacial score (nSPS) is 10.5. The minimum atomic E-state index is -1.95. The fourth-order valence-electron chi connectivity index (χ4n) is 3.18. The van der Waals surface area contributed by atoms with Gasteiger partial charge in [0.15, 0.2) is 17.5 Å². The fraction of sp³-hybridized carbons (Fsp3) is 0. The first-order valence-corrected chi connectivity index (χ1v) is 10.4. The zero-order valence-corrected chi connectivity index (χ0v) is 18.4. The van der Waals surface area contributed by atoms with Crippen molar-refractivity contribution in [3.05, 3.63) is 72.8 Å². The first-order chi connectivity index (χ1) is 17.3. The summed E-state index contributed by atoms with van der Waals surface area (Å²) in [6.07, 6.45) is 0. The summed E-state index contributed by atoms with van der Waals surface area (Å²) >= 11 is 0. The summed E-state index contributed by atoms with van der Waals surface area (Å²) < 4.78 is 14.5. The molecule has 0 saturated carbocycles. The average molecular weight is 489 g/mol. The molecule has 4 rings (SSSR count). The second kappa shape index (κ2) is 11.2. The molecule has 0 saturated heterocycles. The Balaban J connectivity index is 1.74. The summed E-state index contributed by atoms with van der Waals surface area (Å²) in [5.74, 6) is 1.61. The molecule has 0 radical (unpaired) electrons. The molecule has 180 valence electrons. The summed E-state index contributed by atoms with van der Waals surface area (Å²) in [6, 6.07) is 19.0. The van der Waals surface area contributed by atoms with Gasteiger partial charge in [0, 0.05) is 16.7 Å². The van der Waals surface area contributed by atoms with Crippen molar-refractivity contribution in [3.8, 4) is 51.4 Å². The van der Waals surface area contributed by atoms with Gasteiger partial charge in [-0.05, 0) is 72.8 Å². The molecule has 4 aromatic rings. The van der Waals surface area contributed by atoms with Crippen LogP contribution in [0.5, 0.6) is 17.2 Å². The highest BCUT2D eigenvalue weighted by Gasteiger charge is 2.16. The molecule has 1 heterocycles. The lowest BCUT2D eigenvalue weighted by atomic mass is 10.1. The van der Waals surface area contributed by atoms with Crippen LogP contribution in [-0.2, 0) is 0 Å². The van der Waals surface area contributed by atoms with Gasteiger partial charge < -0.3 is 44.1 Å². The molecular weight excluding hydrogens is 471 g/mol. The Morgan fingerprint density at radius 3 is 0.806 bits per heavy atom. The van der Waals surface area contributed by atoms with Crippen LogP contribution < -0.4 is 14.0 Å². The molecule has 1 aromatic heterocycles. The van der Waals surface area contributed by atoms with Crippen molar-refractivity contribution in [1.29, 1.82) is 0 Å². The van der Waals surface area contributed by atoms with Crippen molar-refractivity contribution in [2.45, 2.75) is 0 Å². The SMILES string of the molecule is OB(O)Oc1ccc(-c2nc(-c3ccc(OB(O)O)cc3)nc(-c3ccc(OB(O)O)cc3)n2)cc1. The van der Waals surface area contributed by atoms with E-state index in [4.69, 9.17) is 44.1 Å². The second-order valence-corrected chi connectivity index (χ2v) is 7.21. The number of hydrogen-bond acceptors (Lipinski definition) is 12. The standard InChI is InChI=1S/C21H18B3N3O9/c28-22(29)34-16-7-1-13(2-8-16)19-25-20(14-3-9-17(10-4-14)35-23(30)31)27-21(26-19)15-5-11-18(12-6-15)36-24(32)33/h1-12,28-33H. The molecule has 12 nitrogen and oxygen atoms in total. The Hall–Kier alpha value is -3.98. The van der Waals surface area contributed by atoms with Crippen LogP contribution in [0.4, 0.5) is 0 Å². The van der Waals surface area contributed by atoms with Crippen LogP contribution in [0.15, 0.2) is 72.8 Å². The highest BCUT2D eigenvalue weighted by atomic mass is 16.6. The molecule has 0 aliphatic rings. The van der Waals surface area contributed by atoms with Crippen LogP contribution in [0.25, 0.3) is 34.2 Å². The Labute approximate surface area is 205 Å². The zero-order chi connectivity index (χ0) is 25.7. The third-order valence-corrected chi connectivity index (χ3v) is 4.70. The van der Waals surface area contributed by atoms with E-state index in [1.54, 1.807) is 36.4 Å². The summed E-state index contributed by atoms with van der Waals surface area (Å²) in [5, 5.41) is 53.9. The van der Waals surface area contributed by atoms with Gasteiger partial charge >= 0.3 is 22.0 Å². The van der Waals surface area contributed by atoms with Crippen molar-refractivity contribution in [2.24, 2.45) is 0 Å². The number of rotatable bonds is 9. The first kappa shape index (κ1) is 25.1. The molecule has 0 bridgehead atoms. The molecular formula is C21H18B3N3O9. The Morgan fingerprint density at radius 2 is 0.611 bits per heavy atom. The molecule has 15 heteroatoms. The number of benzene rings is 3. The lowest BCUT2D eigenvalue weighted by molar-refractivity contribution is 0.286. The van der Waals surface area contributed by atoms with Gasteiger partial charge in [0.2, 0.25) is 0 Å². The zero-order valence-electron chi connectivity index (χ0n) is 18.4. The lowest BCUT2D eigenvalue weighted by Crippen LogP contribution is -2.20. The Kier molecular flexibility index (Phi) is 7.80. The molecule has 0 fully saturated rings. The predicted octanol–water partition coefficient (Wildman–Crippen LogP) is -0.0825.